The van der Waals surface area contributed by atoms with Crippen LogP contribution in [0.3, 0.4) is 0 Å². The lowest BCUT2D eigenvalue weighted by atomic mass is 10.1. The molecule has 2 N–H and O–H groups in total. The Morgan fingerprint density at radius 2 is 2.05 bits per heavy atom. The van der Waals surface area contributed by atoms with Gasteiger partial charge >= 0.3 is 0 Å². The SMILES string of the molecule is CC(C)CCCOCC(O)CNc1ccc(Cl)cc1Cl. The average molecular weight is 320 g/mol. The average Bonchev–Trinajstić information content (AvgIpc) is 2.37. The zero-order chi connectivity index (χ0) is 15.0. The first kappa shape index (κ1) is 17.6. The number of hydrogen-bond donors (Lipinski definition) is 2. The van der Waals surface area contributed by atoms with Crippen molar-refractivity contribution in [2.45, 2.75) is 32.8 Å². The minimum atomic E-state index is -0.555. The number of aliphatic hydroxyl groups is 1. The van der Waals surface area contributed by atoms with Crippen molar-refractivity contribution in [1.82, 2.24) is 0 Å². The summed E-state index contributed by atoms with van der Waals surface area (Å²) in [5.74, 6) is 0.692. The number of nitrogens with one attached hydrogen (secondary N) is 1. The summed E-state index contributed by atoms with van der Waals surface area (Å²) in [6.07, 6.45) is 1.62. The van der Waals surface area contributed by atoms with Crippen LogP contribution in [0.5, 0.6) is 0 Å². The Balaban J connectivity index is 2.18. The second kappa shape index (κ2) is 9.46. The van der Waals surface area contributed by atoms with Crippen LogP contribution in [0.4, 0.5) is 5.69 Å². The van der Waals surface area contributed by atoms with E-state index in [4.69, 9.17) is 27.9 Å². The zero-order valence-corrected chi connectivity index (χ0v) is 13.5. The summed E-state index contributed by atoms with van der Waals surface area (Å²) in [5.41, 5.74) is 0.759. The molecule has 114 valence electrons. The third-order valence-corrected chi connectivity index (χ3v) is 3.39. The summed E-state index contributed by atoms with van der Waals surface area (Å²) in [6, 6.07) is 5.21. The van der Waals surface area contributed by atoms with Gasteiger partial charge in [0.15, 0.2) is 0 Å². The first-order chi connectivity index (χ1) is 9.49. The van der Waals surface area contributed by atoms with Gasteiger partial charge < -0.3 is 15.2 Å². The Kier molecular flexibility index (Phi) is 8.31. The van der Waals surface area contributed by atoms with Crippen molar-refractivity contribution in [3.05, 3.63) is 28.2 Å². The standard InChI is InChI=1S/C15H23Cl2NO2/c1-11(2)4-3-7-20-10-13(19)9-18-15-6-5-12(16)8-14(15)17/h5-6,8,11,13,18-19H,3-4,7,9-10H2,1-2H3. The Morgan fingerprint density at radius 1 is 1.30 bits per heavy atom. The maximum absolute atomic E-state index is 9.81. The Bertz CT molecular complexity index is 399. The quantitative estimate of drug-likeness (QED) is 0.670. The van der Waals surface area contributed by atoms with Crippen molar-refractivity contribution in [3.63, 3.8) is 0 Å². The fraction of sp³-hybridized carbons (Fsp3) is 0.600. The van der Waals surface area contributed by atoms with Crippen molar-refractivity contribution in [1.29, 1.82) is 0 Å². The zero-order valence-electron chi connectivity index (χ0n) is 12.0. The van der Waals surface area contributed by atoms with Gasteiger partial charge in [-0.05, 0) is 37.0 Å². The van der Waals surface area contributed by atoms with Crippen molar-refractivity contribution in [2.75, 3.05) is 25.1 Å². The van der Waals surface area contributed by atoms with Gasteiger partial charge in [-0.3, -0.25) is 0 Å². The fourth-order valence-corrected chi connectivity index (χ4v) is 2.21. The van der Waals surface area contributed by atoms with E-state index in [-0.39, 0.29) is 0 Å². The molecule has 0 saturated carbocycles. The summed E-state index contributed by atoms with van der Waals surface area (Å²) >= 11 is 11.8. The second-order valence-electron chi connectivity index (χ2n) is 5.27. The highest BCUT2D eigenvalue weighted by Crippen LogP contribution is 2.25. The van der Waals surface area contributed by atoms with Gasteiger partial charge in [-0.15, -0.1) is 0 Å². The summed E-state index contributed by atoms with van der Waals surface area (Å²) in [6.45, 7) is 5.79. The number of aliphatic hydroxyl groups excluding tert-OH is 1. The predicted octanol–water partition coefficient (Wildman–Crippen LogP) is 4.22. The number of hydrogen-bond acceptors (Lipinski definition) is 3. The molecule has 0 radical (unpaired) electrons. The van der Waals surface area contributed by atoms with Gasteiger partial charge in [0.1, 0.15) is 0 Å². The van der Waals surface area contributed by atoms with Crippen LogP contribution in [0, 0.1) is 5.92 Å². The van der Waals surface area contributed by atoms with Gasteiger partial charge in [0.2, 0.25) is 0 Å². The van der Waals surface area contributed by atoms with Gasteiger partial charge in [0, 0.05) is 18.2 Å². The first-order valence-electron chi connectivity index (χ1n) is 6.93. The van der Waals surface area contributed by atoms with Crippen molar-refractivity contribution in [2.24, 2.45) is 5.92 Å². The molecule has 1 aromatic rings. The lowest BCUT2D eigenvalue weighted by molar-refractivity contribution is 0.0409. The molecule has 3 nitrogen and oxygen atoms in total. The molecule has 1 aromatic carbocycles. The normalized spacial score (nSPS) is 12.7. The molecule has 0 aliphatic carbocycles. The van der Waals surface area contributed by atoms with Crippen LogP contribution in [0.15, 0.2) is 18.2 Å². The van der Waals surface area contributed by atoms with Gasteiger partial charge in [-0.1, -0.05) is 37.0 Å². The summed E-state index contributed by atoms with van der Waals surface area (Å²) in [4.78, 5) is 0. The summed E-state index contributed by atoms with van der Waals surface area (Å²) in [5, 5.41) is 14.0. The van der Waals surface area contributed by atoms with Crippen LogP contribution in [0.1, 0.15) is 26.7 Å². The van der Waals surface area contributed by atoms with Crippen LogP contribution in [-0.4, -0.2) is 31.0 Å². The van der Waals surface area contributed by atoms with Crippen molar-refractivity contribution >= 4 is 28.9 Å². The number of rotatable bonds is 9. The molecule has 0 aliphatic rings. The van der Waals surface area contributed by atoms with Gasteiger partial charge in [-0.2, -0.15) is 0 Å². The van der Waals surface area contributed by atoms with Crippen LogP contribution in [0.2, 0.25) is 10.0 Å². The number of ether oxygens (including phenoxy) is 1. The maximum atomic E-state index is 9.81. The van der Waals surface area contributed by atoms with E-state index in [2.05, 4.69) is 19.2 Å². The van der Waals surface area contributed by atoms with Crippen LogP contribution in [0.25, 0.3) is 0 Å². The molecule has 1 rings (SSSR count). The van der Waals surface area contributed by atoms with E-state index < -0.39 is 6.10 Å². The second-order valence-corrected chi connectivity index (χ2v) is 6.11. The number of halogens is 2. The Morgan fingerprint density at radius 3 is 2.70 bits per heavy atom. The van der Waals surface area contributed by atoms with E-state index in [1.54, 1.807) is 18.2 Å². The van der Waals surface area contributed by atoms with Crippen LogP contribution in [-0.2, 0) is 4.74 Å². The van der Waals surface area contributed by atoms with Crippen LogP contribution >= 0.6 is 23.2 Å². The molecular formula is C15H23Cl2NO2. The molecule has 5 heteroatoms. The van der Waals surface area contributed by atoms with E-state index in [0.717, 1.165) is 18.5 Å². The number of benzene rings is 1. The molecule has 0 amide bonds. The molecule has 1 unspecified atom stereocenters. The van der Waals surface area contributed by atoms with Gasteiger partial charge in [0.25, 0.3) is 0 Å². The minimum absolute atomic E-state index is 0.330. The van der Waals surface area contributed by atoms with E-state index in [0.29, 0.717) is 35.7 Å². The molecule has 0 bridgehead atoms. The van der Waals surface area contributed by atoms with E-state index in [1.165, 1.54) is 0 Å². The molecule has 0 aliphatic heterocycles. The number of anilines is 1. The molecule has 0 aromatic heterocycles. The van der Waals surface area contributed by atoms with Crippen LogP contribution < -0.4 is 5.32 Å². The summed E-state index contributed by atoms with van der Waals surface area (Å²) < 4.78 is 5.44. The monoisotopic (exact) mass is 319 g/mol. The van der Waals surface area contributed by atoms with Crippen molar-refractivity contribution < 1.29 is 9.84 Å². The lowest BCUT2D eigenvalue weighted by Gasteiger charge is -2.14. The van der Waals surface area contributed by atoms with E-state index in [1.807, 2.05) is 0 Å². The van der Waals surface area contributed by atoms with Gasteiger partial charge in [0.05, 0.1) is 23.4 Å². The fourth-order valence-electron chi connectivity index (χ4n) is 1.73. The largest absolute Gasteiger partial charge is 0.389 e. The molecule has 1 atom stereocenters. The highest BCUT2D eigenvalue weighted by Gasteiger charge is 2.06. The molecular weight excluding hydrogens is 297 g/mol. The first-order valence-corrected chi connectivity index (χ1v) is 7.69. The van der Waals surface area contributed by atoms with E-state index >= 15 is 0 Å². The Labute approximate surface area is 131 Å². The maximum Gasteiger partial charge on any atom is 0.0945 e. The minimum Gasteiger partial charge on any atom is -0.389 e. The smallest absolute Gasteiger partial charge is 0.0945 e. The lowest BCUT2D eigenvalue weighted by Crippen LogP contribution is -2.25. The molecule has 0 heterocycles. The molecule has 0 fully saturated rings. The highest BCUT2D eigenvalue weighted by atomic mass is 35.5. The van der Waals surface area contributed by atoms with E-state index in [9.17, 15) is 5.11 Å². The molecule has 0 spiro atoms. The molecule has 0 saturated heterocycles. The van der Waals surface area contributed by atoms with Gasteiger partial charge in [-0.25, -0.2) is 0 Å². The highest BCUT2D eigenvalue weighted by molar-refractivity contribution is 6.36. The third-order valence-electron chi connectivity index (χ3n) is 2.84. The third kappa shape index (κ3) is 7.34. The summed E-state index contributed by atoms with van der Waals surface area (Å²) in [7, 11) is 0. The Hall–Kier alpha value is -0.480. The topological polar surface area (TPSA) is 41.5 Å². The predicted molar refractivity (Wildman–Crippen MR) is 85.8 cm³/mol. The molecule has 20 heavy (non-hydrogen) atoms. The van der Waals surface area contributed by atoms with Crippen molar-refractivity contribution in [3.8, 4) is 0 Å².